The van der Waals surface area contributed by atoms with Crippen LogP contribution in [0.25, 0.3) is 0 Å². The summed E-state index contributed by atoms with van der Waals surface area (Å²) >= 11 is 0. The number of rotatable bonds is 6. The van der Waals surface area contributed by atoms with Crippen LogP contribution in [0.1, 0.15) is 18.1 Å². The van der Waals surface area contributed by atoms with E-state index >= 15 is 0 Å². The van der Waals surface area contributed by atoms with Crippen LogP contribution in [0.2, 0.25) is 0 Å². The van der Waals surface area contributed by atoms with Gasteiger partial charge in [-0.25, -0.2) is 13.1 Å². The predicted octanol–water partition coefficient (Wildman–Crippen LogP) is 2.27. The highest BCUT2D eigenvalue weighted by molar-refractivity contribution is 7.89. The fraction of sp³-hybridized carbons (Fsp3) is 0.350. The minimum Gasteiger partial charge on any atom is -0.365 e. The molecule has 7 heteroatoms. The Labute approximate surface area is 160 Å². The van der Waals surface area contributed by atoms with Crippen LogP contribution >= 0.6 is 0 Å². The van der Waals surface area contributed by atoms with Gasteiger partial charge in [-0.2, -0.15) is 0 Å². The maximum atomic E-state index is 12.4. The third-order valence-corrected chi connectivity index (χ3v) is 6.06. The first-order valence-electron chi connectivity index (χ1n) is 8.96. The second-order valence-corrected chi connectivity index (χ2v) is 8.39. The van der Waals surface area contributed by atoms with Gasteiger partial charge in [0.1, 0.15) is 6.61 Å². The van der Waals surface area contributed by atoms with Gasteiger partial charge in [0.05, 0.1) is 17.5 Å². The number of nitrogens with one attached hydrogen (secondary N) is 1. The lowest BCUT2D eigenvalue weighted by Gasteiger charge is -2.33. The van der Waals surface area contributed by atoms with E-state index in [2.05, 4.69) is 11.6 Å². The maximum Gasteiger partial charge on any atom is 0.253 e. The fourth-order valence-electron chi connectivity index (χ4n) is 2.91. The van der Waals surface area contributed by atoms with Gasteiger partial charge in [0, 0.05) is 12.2 Å². The molecule has 0 radical (unpaired) electrons. The topological polar surface area (TPSA) is 75.7 Å². The molecule has 144 valence electrons. The molecular formula is C20H24N2O4S. The average molecular weight is 388 g/mol. The Kier molecular flexibility index (Phi) is 5.94. The highest BCUT2D eigenvalue weighted by Gasteiger charge is 2.28. The first-order chi connectivity index (χ1) is 12.9. The summed E-state index contributed by atoms with van der Waals surface area (Å²) in [6, 6.07) is 14.5. The van der Waals surface area contributed by atoms with Crippen molar-refractivity contribution < 1.29 is 17.9 Å². The number of carbonyl (C=O) groups is 1. The monoisotopic (exact) mass is 388 g/mol. The summed E-state index contributed by atoms with van der Waals surface area (Å²) in [6.07, 6.45) is 0.523. The number of sulfonamides is 1. The van der Waals surface area contributed by atoms with Gasteiger partial charge in [0.2, 0.25) is 10.0 Å². The Morgan fingerprint density at radius 1 is 1.11 bits per heavy atom. The largest absolute Gasteiger partial charge is 0.365 e. The first-order valence-corrected chi connectivity index (χ1v) is 10.4. The molecule has 6 nitrogen and oxygen atoms in total. The quantitative estimate of drug-likeness (QED) is 0.824. The van der Waals surface area contributed by atoms with E-state index in [4.69, 9.17) is 4.74 Å². The molecule has 0 aromatic heterocycles. The SMILES string of the molecule is CCc1ccc(N2CC(CNS(=O)(=O)c3ccc(C)cc3)OCC2=O)cc1. The molecule has 1 unspecified atom stereocenters. The van der Waals surface area contributed by atoms with Gasteiger partial charge in [0.25, 0.3) is 5.91 Å². The molecule has 1 aliphatic rings. The van der Waals surface area contributed by atoms with Crippen molar-refractivity contribution in [2.75, 3.05) is 24.6 Å². The molecule has 0 aliphatic carbocycles. The third-order valence-electron chi connectivity index (χ3n) is 4.62. The number of carbonyl (C=O) groups excluding carboxylic acids is 1. The minimum atomic E-state index is -3.61. The molecule has 0 saturated carbocycles. The molecule has 1 saturated heterocycles. The van der Waals surface area contributed by atoms with Crippen LogP contribution in [0, 0.1) is 6.92 Å². The number of aryl methyl sites for hydroxylation is 2. The van der Waals surface area contributed by atoms with Crippen molar-refractivity contribution in [1.29, 1.82) is 0 Å². The van der Waals surface area contributed by atoms with Crippen molar-refractivity contribution in [3.8, 4) is 0 Å². The summed E-state index contributed by atoms with van der Waals surface area (Å²) in [7, 11) is -3.61. The van der Waals surface area contributed by atoms with E-state index in [1.165, 1.54) is 5.56 Å². The van der Waals surface area contributed by atoms with Crippen LogP contribution in [0.15, 0.2) is 53.4 Å². The lowest BCUT2D eigenvalue weighted by atomic mass is 10.1. The number of amides is 1. The van der Waals surface area contributed by atoms with E-state index in [1.807, 2.05) is 31.2 Å². The molecule has 1 atom stereocenters. The minimum absolute atomic E-state index is 0.0630. The second-order valence-electron chi connectivity index (χ2n) is 6.62. The molecular weight excluding hydrogens is 364 g/mol. The number of nitrogens with zero attached hydrogens (tertiary/aromatic N) is 1. The number of morpholine rings is 1. The van der Waals surface area contributed by atoms with Crippen molar-refractivity contribution >= 4 is 21.6 Å². The lowest BCUT2D eigenvalue weighted by Crippen LogP contribution is -2.50. The average Bonchev–Trinajstić information content (AvgIpc) is 2.68. The van der Waals surface area contributed by atoms with E-state index < -0.39 is 16.1 Å². The number of benzene rings is 2. The number of hydrogen-bond acceptors (Lipinski definition) is 4. The van der Waals surface area contributed by atoms with Gasteiger partial charge < -0.3 is 9.64 Å². The smallest absolute Gasteiger partial charge is 0.253 e. The van der Waals surface area contributed by atoms with Gasteiger partial charge in [-0.05, 0) is 43.2 Å². The Hall–Kier alpha value is -2.22. The zero-order valence-electron chi connectivity index (χ0n) is 15.5. The molecule has 1 fully saturated rings. The highest BCUT2D eigenvalue weighted by atomic mass is 32.2. The van der Waals surface area contributed by atoms with Crippen LogP contribution in [-0.4, -0.2) is 40.1 Å². The highest BCUT2D eigenvalue weighted by Crippen LogP contribution is 2.20. The van der Waals surface area contributed by atoms with Gasteiger partial charge in [0.15, 0.2) is 0 Å². The zero-order chi connectivity index (χ0) is 19.4. The van der Waals surface area contributed by atoms with E-state index in [-0.39, 0.29) is 24.0 Å². The van der Waals surface area contributed by atoms with Gasteiger partial charge in [-0.3, -0.25) is 4.79 Å². The fourth-order valence-corrected chi connectivity index (χ4v) is 3.98. The van der Waals surface area contributed by atoms with Crippen LogP contribution in [0.3, 0.4) is 0 Å². The van der Waals surface area contributed by atoms with Crippen molar-refractivity contribution in [3.63, 3.8) is 0 Å². The second kappa shape index (κ2) is 8.21. The maximum absolute atomic E-state index is 12.4. The Morgan fingerprint density at radius 2 is 1.78 bits per heavy atom. The predicted molar refractivity (Wildman–Crippen MR) is 104 cm³/mol. The van der Waals surface area contributed by atoms with Crippen LogP contribution in [0.5, 0.6) is 0 Å². The molecule has 2 aromatic rings. The summed E-state index contributed by atoms with van der Waals surface area (Å²) < 4.78 is 32.9. The van der Waals surface area contributed by atoms with Gasteiger partial charge in [-0.15, -0.1) is 0 Å². The molecule has 1 N–H and O–H groups in total. The van der Waals surface area contributed by atoms with Crippen LogP contribution in [0.4, 0.5) is 5.69 Å². The standard InChI is InChI=1S/C20H24N2O4S/c1-3-16-6-8-17(9-7-16)22-13-18(26-14-20(22)23)12-21-27(24,25)19-10-4-15(2)5-11-19/h4-11,18,21H,3,12-14H2,1-2H3. The summed E-state index contributed by atoms with van der Waals surface area (Å²) in [4.78, 5) is 14.1. The van der Waals surface area contributed by atoms with E-state index in [0.717, 1.165) is 17.7 Å². The molecule has 0 spiro atoms. The van der Waals surface area contributed by atoms with E-state index in [0.29, 0.717) is 6.54 Å². The molecule has 1 heterocycles. The van der Waals surface area contributed by atoms with E-state index in [9.17, 15) is 13.2 Å². The number of hydrogen-bond donors (Lipinski definition) is 1. The van der Waals surface area contributed by atoms with Gasteiger partial charge >= 0.3 is 0 Å². The van der Waals surface area contributed by atoms with Crippen molar-refractivity contribution in [2.45, 2.75) is 31.3 Å². The molecule has 3 rings (SSSR count). The Bertz CT molecular complexity index is 893. The molecule has 0 bridgehead atoms. The summed E-state index contributed by atoms with van der Waals surface area (Å²) in [5.41, 5.74) is 2.99. The number of anilines is 1. The van der Waals surface area contributed by atoms with Gasteiger partial charge in [-0.1, -0.05) is 36.8 Å². The summed E-state index contributed by atoms with van der Waals surface area (Å²) in [6.45, 7) is 4.32. The normalized spacial score (nSPS) is 17.9. The molecule has 1 amide bonds. The van der Waals surface area contributed by atoms with E-state index in [1.54, 1.807) is 29.2 Å². The van der Waals surface area contributed by atoms with Crippen molar-refractivity contribution in [2.24, 2.45) is 0 Å². The molecule has 27 heavy (non-hydrogen) atoms. The number of ether oxygens (including phenoxy) is 1. The van der Waals surface area contributed by atoms with Crippen molar-refractivity contribution in [1.82, 2.24) is 4.72 Å². The zero-order valence-corrected chi connectivity index (χ0v) is 16.3. The third kappa shape index (κ3) is 4.74. The lowest BCUT2D eigenvalue weighted by molar-refractivity contribution is -0.129. The van der Waals surface area contributed by atoms with Crippen molar-refractivity contribution in [3.05, 3.63) is 59.7 Å². The summed E-state index contributed by atoms with van der Waals surface area (Å²) in [5, 5.41) is 0. The van der Waals surface area contributed by atoms with Crippen LogP contribution < -0.4 is 9.62 Å². The molecule has 1 aliphatic heterocycles. The van der Waals surface area contributed by atoms with Crippen LogP contribution in [-0.2, 0) is 26.0 Å². The Morgan fingerprint density at radius 3 is 2.41 bits per heavy atom. The Balaban J connectivity index is 1.65. The summed E-state index contributed by atoms with van der Waals surface area (Å²) in [5.74, 6) is -0.128. The molecule has 2 aromatic carbocycles. The first kappa shape index (κ1) is 19.5.